The smallest absolute Gasteiger partial charge is 0.264 e. The van der Waals surface area contributed by atoms with Gasteiger partial charge in [0.15, 0.2) is 16.7 Å². The SMILES string of the molecule is COc1cc(C=C2SC(=Nc3cccc(Cl)c3Cl)NC2=O)cc2c1OCO2. The van der Waals surface area contributed by atoms with E-state index in [4.69, 9.17) is 37.4 Å². The van der Waals surface area contributed by atoms with Crippen molar-refractivity contribution >= 4 is 57.8 Å². The molecule has 1 N–H and O–H groups in total. The van der Waals surface area contributed by atoms with Crippen LogP contribution in [0.2, 0.25) is 10.0 Å². The average molecular weight is 423 g/mol. The first-order chi connectivity index (χ1) is 13.0. The van der Waals surface area contributed by atoms with Gasteiger partial charge in [0.25, 0.3) is 5.91 Å². The quantitative estimate of drug-likeness (QED) is 0.730. The van der Waals surface area contributed by atoms with Gasteiger partial charge in [-0.1, -0.05) is 29.3 Å². The van der Waals surface area contributed by atoms with Crippen molar-refractivity contribution < 1.29 is 19.0 Å². The Labute approximate surface area is 169 Å². The molecule has 9 heteroatoms. The lowest BCUT2D eigenvalue weighted by atomic mass is 10.1. The lowest BCUT2D eigenvalue weighted by molar-refractivity contribution is -0.115. The zero-order valence-electron chi connectivity index (χ0n) is 13.9. The molecular formula is C18H12Cl2N2O4S. The van der Waals surface area contributed by atoms with Crippen LogP contribution in [0.4, 0.5) is 5.69 Å². The predicted molar refractivity (Wildman–Crippen MR) is 106 cm³/mol. The third-order valence-electron chi connectivity index (χ3n) is 3.78. The highest BCUT2D eigenvalue weighted by Crippen LogP contribution is 2.43. The molecule has 0 radical (unpaired) electrons. The highest BCUT2D eigenvalue weighted by atomic mass is 35.5. The van der Waals surface area contributed by atoms with E-state index in [0.717, 1.165) is 5.56 Å². The lowest BCUT2D eigenvalue weighted by Gasteiger charge is -2.06. The van der Waals surface area contributed by atoms with Gasteiger partial charge in [-0.15, -0.1) is 0 Å². The highest BCUT2D eigenvalue weighted by Gasteiger charge is 2.25. The first kappa shape index (κ1) is 18.0. The first-order valence-electron chi connectivity index (χ1n) is 7.76. The summed E-state index contributed by atoms with van der Waals surface area (Å²) in [5.74, 6) is 1.42. The largest absolute Gasteiger partial charge is 0.493 e. The van der Waals surface area contributed by atoms with E-state index in [9.17, 15) is 4.79 Å². The van der Waals surface area contributed by atoms with Crippen LogP contribution in [0.15, 0.2) is 40.2 Å². The molecule has 0 spiro atoms. The van der Waals surface area contributed by atoms with Crippen LogP contribution < -0.4 is 19.5 Å². The summed E-state index contributed by atoms with van der Waals surface area (Å²) in [6, 6.07) is 8.70. The summed E-state index contributed by atoms with van der Waals surface area (Å²) in [4.78, 5) is 17.1. The minimum Gasteiger partial charge on any atom is -0.493 e. The van der Waals surface area contributed by atoms with Crippen molar-refractivity contribution in [2.45, 2.75) is 0 Å². The number of carbonyl (C=O) groups is 1. The second-order valence-corrected chi connectivity index (χ2v) is 7.33. The third-order valence-corrected chi connectivity index (χ3v) is 5.50. The van der Waals surface area contributed by atoms with Gasteiger partial charge >= 0.3 is 0 Å². The van der Waals surface area contributed by atoms with Crippen LogP contribution in [0.1, 0.15) is 5.56 Å². The van der Waals surface area contributed by atoms with Crippen molar-refractivity contribution in [3.05, 3.63) is 50.8 Å². The molecule has 0 aliphatic carbocycles. The molecule has 1 amide bonds. The first-order valence-corrected chi connectivity index (χ1v) is 9.33. The van der Waals surface area contributed by atoms with E-state index in [1.807, 2.05) is 0 Å². The molecule has 1 saturated heterocycles. The number of hydrogen-bond acceptors (Lipinski definition) is 6. The zero-order chi connectivity index (χ0) is 19.0. The van der Waals surface area contributed by atoms with Gasteiger partial charge in [0.05, 0.1) is 27.7 Å². The molecule has 1 fully saturated rings. The van der Waals surface area contributed by atoms with Gasteiger partial charge in [-0.2, -0.15) is 0 Å². The number of nitrogens with one attached hydrogen (secondary N) is 1. The van der Waals surface area contributed by atoms with Crippen molar-refractivity contribution in [3.8, 4) is 17.2 Å². The molecule has 0 unspecified atom stereocenters. The summed E-state index contributed by atoms with van der Waals surface area (Å²) in [7, 11) is 1.55. The number of amidine groups is 1. The Morgan fingerprint density at radius 1 is 1.30 bits per heavy atom. The number of benzene rings is 2. The van der Waals surface area contributed by atoms with E-state index >= 15 is 0 Å². The number of halogens is 2. The van der Waals surface area contributed by atoms with E-state index in [-0.39, 0.29) is 12.7 Å². The molecule has 138 valence electrons. The number of carbonyl (C=O) groups excluding carboxylic acids is 1. The summed E-state index contributed by atoms with van der Waals surface area (Å²) < 4.78 is 16.1. The minimum atomic E-state index is -0.256. The number of aliphatic imine (C=N–C) groups is 1. The monoisotopic (exact) mass is 422 g/mol. The number of hydrogen-bond donors (Lipinski definition) is 1. The molecule has 2 heterocycles. The number of fused-ring (bicyclic) bond motifs is 1. The normalized spacial score (nSPS) is 18.3. The lowest BCUT2D eigenvalue weighted by Crippen LogP contribution is -2.19. The van der Waals surface area contributed by atoms with Crippen molar-refractivity contribution in [1.29, 1.82) is 0 Å². The van der Waals surface area contributed by atoms with Gasteiger partial charge in [0.1, 0.15) is 0 Å². The number of rotatable bonds is 3. The summed E-state index contributed by atoms with van der Waals surface area (Å²) >= 11 is 13.4. The Bertz CT molecular complexity index is 1010. The molecule has 0 atom stereocenters. The number of ether oxygens (including phenoxy) is 3. The van der Waals surface area contributed by atoms with E-state index in [0.29, 0.717) is 43.1 Å². The summed E-state index contributed by atoms with van der Waals surface area (Å²) in [5.41, 5.74) is 1.23. The predicted octanol–water partition coefficient (Wildman–Crippen LogP) is 4.62. The van der Waals surface area contributed by atoms with Gasteiger partial charge in [-0.25, -0.2) is 4.99 Å². The Hall–Kier alpha value is -2.35. The van der Waals surface area contributed by atoms with Crippen LogP contribution >= 0.6 is 35.0 Å². The topological polar surface area (TPSA) is 69.2 Å². The molecular weight excluding hydrogens is 411 g/mol. The van der Waals surface area contributed by atoms with Gasteiger partial charge in [-0.05, 0) is 47.7 Å². The maximum absolute atomic E-state index is 12.3. The van der Waals surface area contributed by atoms with E-state index in [1.165, 1.54) is 11.8 Å². The molecule has 2 aliphatic heterocycles. The van der Waals surface area contributed by atoms with Gasteiger partial charge in [0.2, 0.25) is 12.5 Å². The molecule has 6 nitrogen and oxygen atoms in total. The molecule has 0 saturated carbocycles. The number of methoxy groups -OCH3 is 1. The minimum absolute atomic E-state index is 0.137. The molecule has 27 heavy (non-hydrogen) atoms. The van der Waals surface area contributed by atoms with E-state index in [2.05, 4.69) is 10.3 Å². The van der Waals surface area contributed by atoms with E-state index in [1.54, 1.807) is 43.5 Å². The van der Waals surface area contributed by atoms with Crippen molar-refractivity contribution in [1.82, 2.24) is 5.32 Å². The van der Waals surface area contributed by atoms with Crippen LogP contribution in [0.3, 0.4) is 0 Å². The second kappa shape index (κ2) is 7.34. The van der Waals surface area contributed by atoms with Crippen LogP contribution in [-0.4, -0.2) is 25.0 Å². The second-order valence-electron chi connectivity index (χ2n) is 5.51. The Morgan fingerprint density at radius 3 is 2.96 bits per heavy atom. The highest BCUT2D eigenvalue weighted by molar-refractivity contribution is 8.18. The van der Waals surface area contributed by atoms with Crippen LogP contribution in [0, 0.1) is 0 Å². The van der Waals surface area contributed by atoms with Crippen LogP contribution in [0.25, 0.3) is 6.08 Å². The molecule has 2 aromatic carbocycles. The van der Waals surface area contributed by atoms with Crippen LogP contribution in [-0.2, 0) is 4.79 Å². The van der Waals surface area contributed by atoms with E-state index < -0.39 is 0 Å². The average Bonchev–Trinajstić information content (AvgIpc) is 3.25. The molecule has 0 aromatic heterocycles. The van der Waals surface area contributed by atoms with Crippen molar-refractivity contribution in [2.75, 3.05) is 13.9 Å². The molecule has 4 rings (SSSR count). The molecule has 2 aliphatic rings. The molecule has 2 aromatic rings. The fourth-order valence-electron chi connectivity index (χ4n) is 2.55. The van der Waals surface area contributed by atoms with Gasteiger partial charge in [0, 0.05) is 0 Å². The Morgan fingerprint density at radius 2 is 2.15 bits per heavy atom. The number of thioether (sulfide) groups is 1. The maximum Gasteiger partial charge on any atom is 0.264 e. The fourth-order valence-corrected chi connectivity index (χ4v) is 3.73. The van der Waals surface area contributed by atoms with Gasteiger partial charge < -0.3 is 19.5 Å². The summed E-state index contributed by atoms with van der Waals surface area (Å²) in [6.45, 7) is 0.137. The van der Waals surface area contributed by atoms with Crippen molar-refractivity contribution in [3.63, 3.8) is 0 Å². The molecule has 0 bridgehead atoms. The Kier molecular flexibility index (Phi) is 4.90. The standard InChI is InChI=1S/C18H12Cl2N2O4S/c1-24-12-5-9(6-13-16(12)26-8-25-13)7-14-17(23)22-18(27-14)21-11-4-2-3-10(19)15(11)20/h2-7H,8H2,1H3,(H,21,22,23). The number of nitrogens with zero attached hydrogens (tertiary/aromatic N) is 1. The van der Waals surface area contributed by atoms with Crippen LogP contribution in [0.5, 0.6) is 17.2 Å². The van der Waals surface area contributed by atoms with Crippen molar-refractivity contribution in [2.24, 2.45) is 4.99 Å². The zero-order valence-corrected chi connectivity index (χ0v) is 16.2. The Balaban J connectivity index is 1.63. The third kappa shape index (κ3) is 3.58. The maximum atomic E-state index is 12.3. The number of amides is 1. The summed E-state index contributed by atoms with van der Waals surface area (Å²) in [5, 5.41) is 3.87. The fraction of sp³-hybridized carbons (Fsp3) is 0.111. The summed E-state index contributed by atoms with van der Waals surface area (Å²) in [6.07, 6.45) is 1.73. The van der Waals surface area contributed by atoms with Gasteiger partial charge in [-0.3, -0.25) is 4.79 Å².